The zero-order valence-corrected chi connectivity index (χ0v) is 22.6. The highest BCUT2D eigenvalue weighted by molar-refractivity contribution is 5.77. The van der Waals surface area contributed by atoms with E-state index in [2.05, 4.69) is 10.3 Å². The van der Waals surface area contributed by atoms with Gasteiger partial charge in [-0.3, -0.25) is 4.79 Å². The van der Waals surface area contributed by atoms with Crippen molar-refractivity contribution in [3.05, 3.63) is 66.0 Å². The van der Waals surface area contributed by atoms with Crippen LogP contribution in [0.25, 0.3) is 11.0 Å². The number of hydrogen-bond acceptors (Lipinski definition) is 5. The highest BCUT2D eigenvalue weighted by atomic mass is 19.4. The fourth-order valence-electron chi connectivity index (χ4n) is 5.79. The number of benzene rings is 2. The van der Waals surface area contributed by atoms with E-state index in [0.29, 0.717) is 31.2 Å². The minimum absolute atomic E-state index is 0.0540. The number of rotatable bonds is 7. The Kier molecular flexibility index (Phi) is 9.53. The number of amides is 1. The molecule has 0 unspecified atom stereocenters. The van der Waals surface area contributed by atoms with Crippen LogP contribution in [-0.2, 0) is 17.5 Å². The quantitative estimate of drug-likeness (QED) is 0.332. The Labute approximate surface area is 232 Å². The number of aryl methyl sites for hydroxylation is 1. The summed E-state index contributed by atoms with van der Waals surface area (Å²) in [7, 11) is 0. The molecule has 1 aliphatic carbocycles. The van der Waals surface area contributed by atoms with E-state index in [1.807, 2.05) is 37.3 Å². The maximum atomic E-state index is 13.6. The third-order valence-electron chi connectivity index (χ3n) is 7.94. The Balaban J connectivity index is 1.43. The number of nitrogens with zero attached hydrogens (tertiary/aromatic N) is 2. The van der Waals surface area contributed by atoms with Crippen LogP contribution < -0.4 is 5.32 Å². The summed E-state index contributed by atoms with van der Waals surface area (Å²) in [5.74, 6) is -1.52. The molecule has 1 fully saturated rings. The van der Waals surface area contributed by atoms with Gasteiger partial charge in [0.25, 0.3) is 0 Å². The third kappa shape index (κ3) is 7.41. The van der Waals surface area contributed by atoms with Crippen LogP contribution in [0.2, 0.25) is 0 Å². The number of aliphatic hydroxyl groups is 3. The molecule has 10 heteroatoms. The van der Waals surface area contributed by atoms with Gasteiger partial charge in [0.1, 0.15) is 5.60 Å². The molecule has 3 aromatic rings. The Morgan fingerprint density at radius 1 is 1.07 bits per heavy atom. The highest BCUT2D eigenvalue weighted by Crippen LogP contribution is 2.36. The van der Waals surface area contributed by atoms with Crippen molar-refractivity contribution < 1.29 is 33.3 Å². The lowest BCUT2D eigenvalue weighted by Crippen LogP contribution is -2.52. The molecule has 1 saturated carbocycles. The molecule has 0 aliphatic heterocycles. The number of para-hydroxylation sites is 2. The van der Waals surface area contributed by atoms with Gasteiger partial charge in [-0.25, -0.2) is 4.98 Å². The molecule has 4 N–H and O–H groups in total. The monoisotopic (exact) mass is 561 g/mol. The van der Waals surface area contributed by atoms with Crippen molar-refractivity contribution >= 4 is 16.9 Å². The van der Waals surface area contributed by atoms with Crippen molar-refractivity contribution in [2.45, 2.75) is 88.3 Å². The molecule has 40 heavy (non-hydrogen) atoms. The lowest BCUT2D eigenvalue weighted by atomic mass is 9.76. The maximum Gasteiger partial charge on any atom is 0.449 e. The summed E-state index contributed by atoms with van der Waals surface area (Å²) >= 11 is 0. The first-order valence-electron chi connectivity index (χ1n) is 13.9. The van der Waals surface area contributed by atoms with Gasteiger partial charge in [0.2, 0.25) is 11.7 Å². The smallest absolute Gasteiger partial charge is 0.393 e. The molecule has 1 aliphatic rings. The van der Waals surface area contributed by atoms with Gasteiger partial charge < -0.3 is 25.2 Å². The molecular formula is C30H38F3N3O4. The average molecular weight is 562 g/mol. The summed E-state index contributed by atoms with van der Waals surface area (Å²) < 4.78 is 41.8. The van der Waals surface area contributed by atoms with Crippen molar-refractivity contribution in [1.29, 1.82) is 0 Å². The second-order valence-electron chi connectivity index (χ2n) is 11.2. The Morgan fingerprint density at radius 3 is 2.50 bits per heavy atom. The third-order valence-corrected chi connectivity index (χ3v) is 7.94. The molecule has 4 rings (SSSR count). The van der Waals surface area contributed by atoms with E-state index in [1.165, 1.54) is 6.07 Å². The van der Waals surface area contributed by atoms with E-state index in [4.69, 9.17) is 0 Å². The zero-order valence-electron chi connectivity index (χ0n) is 22.6. The summed E-state index contributed by atoms with van der Waals surface area (Å²) in [5, 5.41) is 36.1. The molecule has 1 amide bonds. The molecule has 0 radical (unpaired) electrons. The van der Waals surface area contributed by atoms with Crippen LogP contribution in [-0.4, -0.2) is 55.1 Å². The summed E-state index contributed by atoms with van der Waals surface area (Å²) in [6, 6.07) is 15.8. The molecule has 0 bridgehead atoms. The Bertz CT molecular complexity index is 1270. The summed E-state index contributed by atoms with van der Waals surface area (Å²) in [6.07, 6.45) is -4.12. The molecular weight excluding hydrogens is 523 g/mol. The number of hydrogen-bond donors (Lipinski definition) is 4. The van der Waals surface area contributed by atoms with Crippen LogP contribution in [0.4, 0.5) is 13.2 Å². The topological polar surface area (TPSA) is 108 Å². The molecule has 1 heterocycles. The number of aliphatic hydroxyl groups excluding tert-OH is 2. The molecule has 5 atom stereocenters. The van der Waals surface area contributed by atoms with E-state index in [9.17, 15) is 33.3 Å². The summed E-state index contributed by atoms with van der Waals surface area (Å²) in [5.41, 5.74) is -0.132. The van der Waals surface area contributed by atoms with Crippen LogP contribution in [0.15, 0.2) is 54.6 Å². The normalized spacial score (nSPS) is 26.5. The lowest BCUT2D eigenvalue weighted by molar-refractivity contribution is -0.146. The van der Waals surface area contributed by atoms with Gasteiger partial charge in [-0.1, -0.05) is 49.4 Å². The zero-order chi connectivity index (χ0) is 28.9. The first-order valence-corrected chi connectivity index (χ1v) is 13.9. The van der Waals surface area contributed by atoms with E-state index in [0.717, 1.165) is 10.1 Å². The SMILES string of the molecule is C[C@@H]1CC[C@@H](O)[C@@](O)(CNC(=O)CCCn2c(C(F)(F)F)nc3ccccc32)C[C@H](c2ccccc2)C[C@@H](O)C1. The minimum Gasteiger partial charge on any atom is -0.393 e. The number of halogens is 3. The molecule has 0 spiro atoms. The fraction of sp³-hybridized carbons (Fsp3) is 0.533. The number of aromatic nitrogens is 2. The second kappa shape index (κ2) is 12.7. The van der Waals surface area contributed by atoms with Crippen molar-refractivity contribution in [3.63, 3.8) is 0 Å². The molecule has 0 saturated heterocycles. The van der Waals surface area contributed by atoms with E-state index >= 15 is 0 Å². The van der Waals surface area contributed by atoms with Crippen molar-refractivity contribution in [2.75, 3.05) is 6.54 Å². The molecule has 1 aromatic heterocycles. The minimum atomic E-state index is -4.63. The number of carbonyl (C=O) groups is 1. The second-order valence-corrected chi connectivity index (χ2v) is 11.2. The largest absolute Gasteiger partial charge is 0.449 e. The average Bonchev–Trinajstić information content (AvgIpc) is 3.29. The summed E-state index contributed by atoms with van der Waals surface area (Å²) in [4.78, 5) is 16.5. The maximum absolute atomic E-state index is 13.6. The van der Waals surface area contributed by atoms with Crippen LogP contribution in [0.1, 0.15) is 69.2 Å². The number of nitrogens with one attached hydrogen (secondary N) is 1. The predicted molar refractivity (Wildman–Crippen MR) is 145 cm³/mol. The predicted octanol–water partition coefficient (Wildman–Crippen LogP) is 4.79. The van der Waals surface area contributed by atoms with Gasteiger partial charge in [-0.15, -0.1) is 0 Å². The summed E-state index contributed by atoms with van der Waals surface area (Å²) in [6.45, 7) is 1.74. The molecule has 7 nitrogen and oxygen atoms in total. The first-order chi connectivity index (χ1) is 19.0. The van der Waals surface area contributed by atoms with Gasteiger partial charge in [-0.2, -0.15) is 13.2 Å². The van der Waals surface area contributed by atoms with Crippen molar-refractivity contribution in [1.82, 2.24) is 14.9 Å². The van der Waals surface area contributed by atoms with E-state index in [-0.39, 0.29) is 49.7 Å². The van der Waals surface area contributed by atoms with Gasteiger partial charge in [0, 0.05) is 19.5 Å². The van der Waals surface area contributed by atoms with Crippen LogP contribution >= 0.6 is 0 Å². The molecule has 2 aromatic carbocycles. The van der Waals surface area contributed by atoms with Gasteiger partial charge in [0.05, 0.1) is 23.2 Å². The van der Waals surface area contributed by atoms with Crippen LogP contribution in [0, 0.1) is 5.92 Å². The fourth-order valence-corrected chi connectivity index (χ4v) is 5.79. The van der Waals surface area contributed by atoms with Crippen LogP contribution in [0.3, 0.4) is 0 Å². The van der Waals surface area contributed by atoms with E-state index < -0.39 is 35.7 Å². The Morgan fingerprint density at radius 2 is 1.77 bits per heavy atom. The highest BCUT2D eigenvalue weighted by Gasteiger charge is 2.40. The number of fused-ring (bicyclic) bond motifs is 1. The first kappa shape index (κ1) is 30.0. The standard InChI is InChI=1S/C30H38F3N3O4/c1-20-13-14-26(38)29(40,18-22(17-23(37)16-20)21-8-3-2-4-9-21)19-34-27(39)12-7-15-36-25-11-6-5-10-24(25)35-28(36)30(31,32)33/h2-6,8-11,20,22-23,26,37-38,40H,7,12-19H2,1H3,(H,34,39)/t20-,22-,23+,26-,29+/m1/s1. The lowest BCUT2D eigenvalue weighted by Gasteiger charge is -2.38. The van der Waals surface area contributed by atoms with Crippen molar-refractivity contribution in [2.24, 2.45) is 5.92 Å². The van der Waals surface area contributed by atoms with Gasteiger partial charge >= 0.3 is 6.18 Å². The number of alkyl halides is 3. The Hall–Kier alpha value is -2.95. The number of carbonyl (C=O) groups excluding carboxylic acids is 1. The van der Waals surface area contributed by atoms with Crippen LogP contribution in [0.5, 0.6) is 0 Å². The van der Waals surface area contributed by atoms with Gasteiger partial charge in [0.15, 0.2) is 0 Å². The van der Waals surface area contributed by atoms with E-state index in [1.54, 1.807) is 18.2 Å². The van der Waals surface area contributed by atoms with Gasteiger partial charge in [-0.05, 0) is 68.1 Å². The van der Waals surface area contributed by atoms with Crippen molar-refractivity contribution in [3.8, 4) is 0 Å². The number of imidazole rings is 1. The molecule has 218 valence electrons.